The van der Waals surface area contributed by atoms with E-state index in [-0.39, 0.29) is 6.04 Å². The predicted molar refractivity (Wildman–Crippen MR) is 108 cm³/mol. The third-order valence-corrected chi connectivity index (χ3v) is 4.63. The molecule has 142 valence electrons. The number of furan rings is 1. The number of guanidine groups is 1. The fourth-order valence-electron chi connectivity index (χ4n) is 2.97. The maximum Gasteiger partial charge on any atom is 0.191 e. The van der Waals surface area contributed by atoms with Gasteiger partial charge in [-0.1, -0.05) is 23.7 Å². The Bertz CT molecular complexity index is 884. The zero-order valence-corrected chi connectivity index (χ0v) is 16.5. The summed E-state index contributed by atoms with van der Waals surface area (Å²) < 4.78 is 7.50. The number of rotatable bonds is 6. The van der Waals surface area contributed by atoms with Crippen LogP contribution in [0.2, 0.25) is 5.02 Å². The molecular weight excluding hydrogens is 362 g/mol. The van der Waals surface area contributed by atoms with Crippen LogP contribution in [0.3, 0.4) is 0 Å². The van der Waals surface area contributed by atoms with Gasteiger partial charge in [0.05, 0.1) is 6.04 Å². The molecule has 0 saturated carbocycles. The Morgan fingerprint density at radius 3 is 2.63 bits per heavy atom. The molecule has 3 aromatic rings. The quantitative estimate of drug-likeness (QED) is 0.501. The lowest BCUT2D eigenvalue weighted by Crippen LogP contribution is -2.40. The lowest BCUT2D eigenvalue weighted by Gasteiger charge is -2.20. The molecule has 0 aliphatic heterocycles. The number of halogens is 1. The van der Waals surface area contributed by atoms with Crippen LogP contribution in [-0.2, 0) is 6.54 Å². The highest BCUT2D eigenvalue weighted by Gasteiger charge is 2.15. The first kappa shape index (κ1) is 19.0. The maximum atomic E-state index is 6.03. The van der Waals surface area contributed by atoms with Crippen LogP contribution < -0.4 is 10.6 Å². The summed E-state index contributed by atoms with van der Waals surface area (Å²) in [5, 5.41) is 11.8. The molecule has 27 heavy (non-hydrogen) atoms. The SMILES string of the molecule is CN=C(NCc1cc(C)oc1C)NCC(c1ccc(Cl)cc1)n1cccn1. The molecule has 0 radical (unpaired) electrons. The lowest BCUT2D eigenvalue weighted by atomic mass is 10.1. The van der Waals surface area contributed by atoms with Gasteiger partial charge < -0.3 is 15.1 Å². The van der Waals surface area contributed by atoms with Crippen LogP contribution in [0.15, 0.2) is 58.2 Å². The minimum atomic E-state index is 0.0220. The summed E-state index contributed by atoms with van der Waals surface area (Å²) in [6.45, 7) is 5.20. The van der Waals surface area contributed by atoms with Gasteiger partial charge >= 0.3 is 0 Å². The molecule has 0 aliphatic rings. The average molecular weight is 386 g/mol. The minimum absolute atomic E-state index is 0.0220. The van der Waals surface area contributed by atoms with Crippen molar-refractivity contribution in [2.24, 2.45) is 4.99 Å². The highest BCUT2D eigenvalue weighted by atomic mass is 35.5. The second-order valence-electron chi connectivity index (χ2n) is 6.30. The number of hydrogen-bond acceptors (Lipinski definition) is 3. The van der Waals surface area contributed by atoms with E-state index >= 15 is 0 Å². The Morgan fingerprint density at radius 2 is 2.04 bits per heavy atom. The fraction of sp³-hybridized carbons (Fsp3) is 0.300. The molecule has 0 amide bonds. The molecule has 1 unspecified atom stereocenters. The number of benzene rings is 1. The summed E-state index contributed by atoms with van der Waals surface area (Å²) in [7, 11) is 1.76. The normalized spacial score (nSPS) is 12.8. The molecule has 1 aromatic carbocycles. The number of nitrogens with one attached hydrogen (secondary N) is 2. The van der Waals surface area contributed by atoms with Crippen molar-refractivity contribution in [2.45, 2.75) is 26.4 Å². The van der Waals surface area contributed by atoms with E-state index in [0.29, 0.717) is 18.1 Å². The molecule has 0 spiro atoms. The molecule has 1 atom stereocenters. The first-order chi connectivity index (χ1) is 13.1. The van der Waals surface area contributed by atoms with E-state index in [0.717, 1.165) is 28.6 Å². The van der Waals surface area contributed by atoms with Crippen molar-refractivity contribution in [3.05, 3.63) is 76.5 Å². The van der Waals surface area contributed by atoms with E-state index in [2.05, 4.69) is 20.7 Å². The summed E-state index contributed by atoms with van der Waals surface area (Å²) in [4.78, 5) is 4.31. The van der Waals surface area contributed by atoms with Gasteiger partial charge in [0.2, 0.25) is 0 Å². The number of aliphatic imine (C=N–C) groups is 1. The van der Waals surface area contributed by atoms with Gasteiger partial charge in [0.15, 0.2) is 5.96 Å². The Balaban J connectivity index is 1.66. The molecule has 3 rings (SSSR count). The van der Waals surface area contributed by atoms with Crippen molar-refractivity contribution in [3.63, 3.8) is 0 Å². The van der Waals surface area contributed by atoms with Crippen LogP contribution in [0.4, 0.5) is 0 Å². The smallest absolute Gasteiger partial charge is 0.191 e. The third kappa shape index (κ3) is 4.92. The Kier molecular flexibility index (Phi) is 6.19. The first-order valence-electron chi connectivity index (χ1n) is 8.82. The maximum absolute atomic E-state index is 6.03. The molecule has 2 heterocycles. The van der Waals surface area contributed by atoms with E-state index in [9.17, 15) is 0 Å². The van der Waals surface area contributed by atoms with Crippen LogP contribution in [0.1, 0.15) is 28.7 Å². The van der Waals surface area contributed by atoms with Crippen molar-refractivity contribution < 1.29 is 4.42 Å². The number of aryl methyl sites for hydroxylation is 2. The largest absolute Gasteiger partial charge is 0.466 e. The Labute approximate surface area is 164 Å². The summed E-state index contributed by atoms with van der Waals surface area (Å²) >= 11 is 6.03. The van der Waals surface area contributed by atoms with Crippen molar-refractivity contribution in [1.82, 2.24) is 20.4 Å². The van der Waals surface area contributed by atoms with Crippen molar-refractivity contribution in [2.75, 3.05) is 13.6 Å². The standard InChI is InChI=1S/C20H24ClN5O/c1-14-11-17(15(2)27-14)12-23-20(22-3)24-13-19(26-10-4-9-25-26)16-5-7-18(21)8-6-16/h4-11,19H,12-13H2,1-3H3,(H2,22,23,24). The van der Waals surface area contributed by atoms with Crippen LogP contribution >= 0.6 is 11.6 Å². The lowest BCUT2D eigenvalue weighted by molar-refractivity contribution is 0.500. The number of aromatic nitrogens is 2. The minimum Gasteiger partial charge on any atom is -0.466 e. The van der Waals surface area contributed by atoms with Gasteiger partial charge in [0.25, 0.3) is 0 Å². The highest BCUT2D eigenvalue weighted by molar-refractivity contribution is 6.30. The van der Waals surface area contributed by atoms with Crippen LogP contribution in [0.25, 0.3) is 0 Å². The van der Waals surface area contributed by atoms with Gasteiger partial charge in [-0.15, -0.1) is 0 Å². The van der Waals surface area contributed by atoms with Crippen molar-refractivity contribution >= 4 is 17.6 Å². The van der Waals surface area contributed by atoms with E-state index in [1.165, 1.54) is 0 Å². The topological polar surface area (TPSA) is 67.4 Å². The molecular formula is C20H24ClN5O. The fourth-order valence-corrected chi connectivity index (χ4v) is 3.09. The van der Waals surface area contributed by atoms with Crippen LogP contribution in [0.5, 0.6) is 0 Å². The van der Waals surface area contributed by atoms with Gasteiger partial charge in [-0.3, -0.25) is 9.67 Å². The first-order valence-corrected chi connectivity index (χ1v) is 9.19. The molecule has 0 aliphatic carbocycles. The van der Waals surface area contributed by atoms with Crippen LogP contribution in [-0.4, -0.2) is 29.3 Å². The molecule has 6 nitrogen and oxygen atoms in total. The second-order valence-corrected chi connectivity index (χ2v) is 6.74. The summed E-state index contributed by atoms with van der Waals surface area (Å²) in [6.07, 6.45) is 3.73. The molecule has 0 saturated heterocycles. The van der Waals surface area contributed by atoms with E-state index < -0.39 is 0 Å². The van der Waals surface area contributed by atoms with Gasteiger partial charge in [-0.2, -0.15) is 5.10 Å². The van der Waals surface area contributed by atoms with Gasteiger partial charge in [-0.05, 0) is 43.7 Å². The molecule has 7 heteroatoms. The monoisotopic (exact) mass is 385 g/mol. The van der Waals surface area contributed by atoms with Gasteiger partial charge in [-0.25, -0.2) is 0 Å². The third-order valence-electron chi connectivity index (χ3n) is 4.38. The highest BCUT2D eigenvalue weighted by Crippen LogP contribution is 2.19. The van der Waals surface area contributed by atoms with Gasteiger partial charge in [0, 0.05) is 43.1 Å². The van der Waals surface area contributed by atoms with Crippen molar-refractivity contribution in [1.29, 1.82) is 0 Å². The van der Waals surface area contributed by atoms with E-state index in [4.69, 9.17) is 16.0 Å². The van der Waals surface area contributed by atoms with Crippen LogP contribution in [0, 0.1) is 13.8 Å². The summed E-state index contributed by atoms with van der Waals surface area (Å²) in [5.74, 6) is 2.55. The molecule has 2 aromatic heterocycles. The number of nitrogens with zero attached hydrogens (tertiary/aromatic N) is 3. The summed E-state index contributed by atoms with van der Waals surface area (Å²) in [5.41, 5.74) is 2.24. The molecule has 2 N–H and O–H groups in total. The average Bonchev–Trinajstić information content (AvgIpc) is 3.29. The predicted octanol–water partition coefficient (Wildman–Crippen LogP) is 3.70. The van der Waals surface area contributed by atoms with Gasteiger partial charge in [0.1, 0.15) is 11.5 Å². The summed E-state index contributed by atoms with van der Waals surface area (Å²) in [6, 6.07) is 11.8. The van der Waals surface area contributed by atoms with E-state index in [1.807, 2.05) is 61.1 Å². The molecule has 0 fully saturated rings. The zero-order valence-electron chi connectivity index (χ0n) is 15.7. The zero-order chi connectivity index (χ0) is 19.2. The van der Waals surface area contributed by atoms with E-state index in [1.54, 1.807) is 13.2 Å². The second kappa shape index (κ2) is 8.77. The van der Waals surface area contributed by atoms with Crippen molar-refractivity contribution in [3.8, 4) is 0 Å². The number of hydrogen-bond donors (Lipinski definition) is 2. The molecule has 0 bridgehead atoms. The Hall–Kier alpha value is -2.73. The Morgan fingerprint density at radius 1 is 1.26 bits per heavy atom.